The fourth-order valence-electron chi connectivity index (χ4n) is 5.03. The van der Waals surface area contributed by atoms with Gasteiger partial charge in [-0.25, -0.2) is 0 Å². The van der Waals surface area contributed by atoms with Crippen LogP contribution in [0.5, 0.6) is 0 Å². The monoisotopic (exact) mass is 698 g/mol. The summed E-state index contributed by atoms with van der Waals surface area (Å²) in [5.41, 5.74) is 4.99. The lowest BCUT2D eigenvalue weighted by Gasteiger charge is -2.07. The van der Waals surface area contributed by atoms with Gasteiger partial charge in [0.2, 0.25) is 0 Å². The summed E-state index contributed by atoms with van der Waals surface area (Å²) in [7, 11) is 0. The van der Waals surface area contributed by atoms with Crippen molar-refractivity contribution in [2.24, 2.45) is 0 Å². The van der Waals surface area contributed by atoms with Crippen LogP contribution in [0.4, 0.5) is 0 Å². The molecule has 5 heteroatoms. The molecular weight excluding hydrogens is 626 g/mol. The van der Waals surface area contributed by atoms with Gasteiger partial charge in [-0.15, -0.1) is 12.4 Å². The van der Waals surface area contributed by atoms with Crippen LogP contribution in [0.1, 0.15) is 154 Å². The zero-order valence-electron chi connectivity index (χ0n) is 31.6. The second-order valence-corrected chi connectivity index (χ2v) is 12.5. The molecule has 5 N–H and O–H groups in total. The Bertz CT molecular complexity index is 1050. The molecule has 2 aromatic carbocycles. The first kappa shape index (κ1) is 50.5. The summed E-state index contributed by atoms with van der Waals surface area (Å²) in [6.07, 6.45) is 34.5. The number of carboxylic acid groups (broad SMARTS) is 1. The van der Waals surface area contributed by atoms with Crippen LogP contribution in [0.3, 0.4) is 0 Å². The Hall–Kier alpha value is -2.92. The molecule has 49 heavy (non-hydrogen) atoms. The molecule has 0 unspecified atom stereocenters. The minimum atomic E-state index is -0.653. The molecule has 0 saturated heterocycles. The van der Waals surface area contributed by atoms with Gasteiger partial charge in [-0.2, -0.15) is 0 Å². The number of hydrogen-bond donors (Lipinski definition) is 3. The Labute approximate surface area is 307 Å². The summed E-state index contributed by atoms with van der Waals surface area (Å²) in [5, 5.41) is 17.2. The van der Waals surface area contributed by atoms with Crippen molar-refractivity contribution in [1.82, 2.24) is 6.15 Å². The molecule has 4 nitrogen and oxygen atoms in total. The number of carboxylic acids is 1. The van der Waals surface area contributed by atoms with E-state index >= 15 is 0 Å². The largest absolute Gasteiger partial charge is 0.481 e. The number of allylic oxidation sites excluding steroid dienone is 6. The van der Waals surface area contributed by atoms with Gasteiger partial charge < -0.3 is 16.4 Å². The van der Waals surface area contributed by atoms with E-state index in [0.717, 1.165) is 12.8 Å². The van der Waals surface area contributed by atoms with Crippen LogP contribution in [0, 0.1) is 0 Å². The fourth-order valence-corrected chi connectivity index (χ4v) is 5.03. The summed E-state index contributed by atoms with van der Waals surface area (Å²) in [6.45, 7) is 8.80. The van der Waals surface area contributed by atoms with Crippen molar-refractivity contribution in [2.45, 2.75) is 143 Å². The highest BCUT2D eigenvalue weighted by atomic mass is 35.5. The van der Waals surface area contributed by atoms with E-state index in [1.807, 2.05) is 54.6 Å². The van der Waals surface area contributed by atoms with Crippen LogP contribution < -0.4 is 6.15 Å². The van der Waals surface area contributed by atoms with Gasteiger partial charge in [0, 0.05) is 6.42 Å². The van der Waals surface area contributed by atoms with E-state index < -0.39 is 5.97 Å². The third-order valence-electron chi connectivity index (χ3n) is 7.73. The average molecular weight is 699 g/mol. The molecule has 0 aliphatic carbocycles. The predicted octanol–water partition coefficient (Wildman–Crippen LogP) is 13.9. The number of hydrogen-bond acceptors (Lipinski definition) is 3. The Morgan fingerprint density at radius 1 is 0.612 bits per heavy atom. The van der Waals surface area contributed by atoms with Crippen molar-refractivity contribution in [3.05, 3.63) is 114 Å². The SMILES string of the molecule is CCCC=C(C)C.CCCCCCCCCCCCCCCCCC(=O)O.Cl.N.OC/C=C/C=C/C=C(c1ccccc1)c1ccccc1. The van der Waals surface area contributed by atoms with Crippen LogP contribution in [0.2, 0.25) is 0 Å². The maximum absolute atomic E-state index is 10.3. The van der Waals surface area contributed by atoms with Crippen molar-refractivity contribution in [3.63, 3.8) is 0 Å². The molecule has 0 atom stereocenters. The molecule has 0 aliphatic rings. The Kier molecular flexibility index (Phi) is 40.7. The third-order valence-corrected chi connectivity index (χ3v) is 7.73. The lowest BCUT2D eigenvalue weighted by molar-refractivity contribution is -0.137. The molecule has 0 amide bonds. The molecular formula is C44H72ClNO3. The molecule has 2 aromatic rings. The summed E-state index contributed by atoms with van der Waals surface area (Å²) >= 11 is 0. The molecule has 0 aromatic heterocycles. The topological polar surface area (TPSA) is 92.5 Å². The number of halogens is 1. The van der Waals surface area contributed by atoms with Crippen molar-refractivity contribution >= 4 is 23.9 Å². The Morgan fingerprint density at radius 2 is 1.04 bits per heavy atom. The first-order valence-electron chi connectivity index (χ1n) is 18.6. The predicted molar refractivity (Wildman–Crippen MR) is 219 cm³/mol. The Balaban J connectivity index is -0.000000700. The van der Waals surface area contributed by atoms with Crippen LogP contribution in [-0.4, -0.2) is 22.8 Å². The molecule has 2 rings (SSSR count). The quantitative estimate of drug-likeness (QED) is 0.0612. The van der Waals surface area contributed by atoms with Gasteiger partial charge in [-0.1, -0.05) is 213 Å². The maximum Gasteiger partial charge on any atom is 0.303 e. The minimum Gasteiger partial charge on any atom is -0.481 e. The van der Waals surface area contributed by atoms with Gasteiger partial charge >= 0.3 is 5.97 Å². The highest BCUT2D eigenvalue weighted by Crippen LogP contribution is 2.23. The zero-order chi connectivity index (χ0) is 34.6. The first-order valence-corrected chi connectivity index (χ1v) is 18.6. The molecule has 0 fully saturated rings. The van der Waals surface area contributed by atoms with Gasteiger partial charge in [0.15, 0.2) is 0 Å². The second kappa shape index (κ2) is 39.5. The molecule has 0 radical (unpaired) electrons. The summed E-state index contributed by atoms with van der Waals surface area (Å²) in [5.74, 6) is -0.653. The minimum absolute atomic E-state index is 0. The molecule has 0 saturated carbocycles. The number of benzene rings is 2. The van der Waals surface area contributed by atoms with Crippen LogP contribution in [-0.2, 0) is 4.79 Å². The van der Waals surface area contributed by atoms with E-state index in [9.17, 15) is 4.79 Å². The number of unbranched alkanes of at least 4 members (excludes halogenated alkanes) is 15. The van der Waals surface area contributed by atoms with Crippen molar-refractivity contribution in [2.75, 3.05) is 6.61 Å². The van der Waals surface area contributed by atoms with Crippen LogP contribution in [0.25, 0.3) is 5.57 Å². The first-order chi connectivity index (χ1) is 23.0. The van der Waals surface area contributed by atoms with Crippen molar-refractivity contribution < 1.29 is 15.0 Å². The second-order valence-electron chi connectivity index (χ2n) is 12.5. The van der Waals surface area contributed by atoms with E-state index in [2.05, 4.69) is 64.1 Å². The summed E-state index contributed by atoms with van der Waals surface area (Å²) in [4.78, 5) is 10.3. The van der Waals surface area contributed by atoms with Gasteiger partial charge in [0.25, 0.3) is 0 Å². The normalized spacial score (nSPS) is 10.1. The van der Waals surface area contributed by atoms with Crippen LogP contribution in [0.15, 0.2) is 103 Å². The average Bonchev–Trinajstić information content (AvgIpc) is 3.08. The fraction of sp³-hybridized carbons (Fsp3) is 0.523. The number of aliphatic hydroxyl groups excluding tert-OH is 1. The van der Waals surface area contributed by atoms with Crippen LogP contribution >= 0.6 is 12.4 Å². The van der Waals surface area contributed by atoms with Gasteiger partial charge in [-0.05, 0) is 43.4 Å². The third kappa shape index (κ3) is 34.7. The molecule has 278 valence electrons. The smallest absolute Gasteiger partial charge is 0.303 e. The number of aliphatic carboxylic acids is 1. The van der Waals surface area contributed by atoms with E-state index in [-0.39, 0.29) is 25.2 Å². The Morgan fingerprint density at radius 3 is 1.39 bits per heavy atom. The number of carbonyl (C=O) groups is 1. The van der Waals surface area contributed by atoms with E-state index in [0.29, 0.717) is 6.42 Å². The lowest BCUT2D eigenvalue weighted by Crippen LogP contribution is -1.93. The summed E-state index contributed by atoms with van der Waals surface area (Å²) in [6, 6.07) is 20.6. The van der Waals surface area contributed by atoms with Crippen molar-refractivity contribution in [1.29, 1.82) is 0 Å². The maximum atomic E-state index is 10.3. The van der Waals surface area contributed by atoms with E-state index in [1.54, 1.807) is 6.08 Å². The molecule has 0 aliphatic heterocycles. The molecule has 0 heterocycles. The standard InChI is InChI=1S/C19H18O.C18H36O2.C7H14.ClH.H3N/c20-16-10-2-1-9-15-19(17-11-5-3-6-12-17)18-13-7-4-8-14-18;1-2-3-4-5-6-7-8-9-10-11-12-13-14-15-16-17-18(19)20;1-4-5-6-7(2)3;;/h1-15,20H,16H2;2-17H2,1H3,(H,19,20);6H,4-5H2,1-3H3;1H;1H3/b9-1+,10-2+;;;;. The summed E-state index contributed by atoms with van der Waals surface area (Å²) < 4.78 is 0. The van der Waals surface area contributed by atoms with E-state index in [1.165, 1.54) is 119 Å². The van der Waals surface area contributed by atoms with Gasteiger partial charge in [0.1, 0.15) is 0 Å². The van der Waals surface area contributed by atoms with Crippen molar-refractivity contribution in [3.8, 4) is 0 Å². The molecule has 0 bridgehead atoms. The van der Waals surface area contributed by atoms with Gasteiger partial charge in [-0.3, -0.25) is 4.79 Å². The number of aliphatic hydroxyl groups is 1. The lowest BCUT2D eigenvalue weighted by atomic mass is 9.97. The zero-order valence-corrected chi connectivity index (χ0v) is 32.4. The highest BCUT2D eigenvalue weighted by molar-refractivity contribution is 5.85. The molecule has 0 spiro atoms. The highest BCUT2D eigenvalue weighted by Gasteiger charge is 2.02. The van der Waals surface area contributed by atoms with Gasteiger partial charge in [0.05, 0.1) is 6.61 Å². The number of rotatable bonds is 23. The van der Waals surface area contributed by atoms with E-state index in [4.69, 9.17) is 10.2 Å².